The summed E-state index contributed by atoms with van der Waals surface area (Å²) < 4.78 is 10.6. The average molecular weight is 442 g/mol. The minimum absolute atomic E-state index is 0.0903. The summed E-state index contributed by atoms with van der Waals surface area (Å²) in [6.07, 6.45) is 4.72. The minimum atomic E-state index is -1.09. The minimum Gasteiger partial charge on any atom is -0.497 e. The molecule has 6 heteroatoms. The molecular formula is C26H35NO5. The molecule has 0 bridgehead atoms. The second kappa shape index (κ2) is 11.3. The largest absolute Gasteiger partial charge is 0.497 e. The van der Waals surface area contributed by atoms with Crippen LogP contribution in [0.3, 0.4) is 0 Å². The molecule has 174 valence electrons. The SMILES string of the molecule is COc1ccc(C(O)(c2ccc(OC)cc2)C2CCN(CCCCCC(=O)O)CC2)cc1. The van der Waals surface area contributed by atoms with Crippen LogP contribution in [0, 0.1) is 5.92 Å². The first-order valence-corrected chi connectivity index (χ1v) is 11.4. The molecule has 2 N–H and O–H groups in total. The molecule has 0 radical (unpaired) electrons. The monoisotopic (exact) mass is 441 g/mol. The van der Waals surface area contributed by atoms with Gasteiger partial charge in [-0.15, -0.1) is 0 Å². The van der Waals surface area contributed by atoms with Crippen molar-refractivity contribution >= 4 is 5.97 Å². The predicted octanol–water partition coefficient (Wildman–Crippen LogP) is 4.30. The molecule has 0 atom stereocenters. The van der Waals surface area contributed by atoms with Crippen molar-refractivity contribution < 1.29 is 24.5 Å². The topological polar surface area (TPSA) is 79.2 Å². The van der Waals surface area contributed by atoms with E-state index in [9.17, 15) is 9.90 Å². The lowest BCUT2D eigenvalue weighted by atomic mass is 9.72. The van der Waals surface area contributed by atoms with E-state index < -0.39 is 11.6 Å². The molecule has 2 aromatic rings. The number of hydrogen-bond donors (Lipinski definition) is 2. The lowest BCUT2D eigenvalue weighted by Crippen LogP contribution is -2.44. The number of aliphatic carboxylic acids is 1. The van der Waals surface area contributed by atoms with E-state index >= 15 is 0 Å². The molecule has 3 rings (SSSR count). The zero-order valence-electron chi connectivity index (χ0n) is 19.1. The lowest BCUT2D eigenvalue weighted by Gasteiger charge is -2.42. The van der Waals surface area contributed by atoms with Gasteiger partial charge in [0, 0.05) is 6.42 Å². The molecular weight excluding hydrogens is 406 g/mol. The first kappa shape index (κ1) is 24.1. The molecule has 1 aliphatic rings. The van der Waals surface area contributed by atoms with Gasteiger partial charge in [-0.2, -0.15) is 0 Å². The Morgan fingerprint density at radius 2 is 1.41 bits per heavy atom. The summed E-state index contributed by atoms with van der Waals surface area (Å²) in [5.41, 5.74) is 0.651. The Bertz CT molecular complexity index is 794. The molecule has 0 amide bonds. The fourth-order valence-corrected chi connectivity index (χ4v) is 4.69. The van der Waals surface area contributed by atoms with Gasteiger partial charge < -0.3 is 24.6 Å². The summed E-state index contributed by atoms with van der Waals surface area (Å²) in [5.74, 6) is 0.904. The lowest BCUT2D eigenvalue weighted by molar-refractivity contribution is -0.137. The Kier molecular flexibility index (Phi) is 8.53. The van der Waals surface area contributed by atoms with Gasteiger partial charge in [0.05, 0.1) is 14.2 Å². The summed E-state index contributed by atoms with van der Waals surface area (Å²) in [5, 5.41) is 20.9. The van der Waals surface area contributed by atoms with Gasteiger partial charge in [-0.05, 0) is 86.6 Å². The van der Waals surface area contributed by atoms with Crippen molar-refractivity contribution in [3.05, 3.63) is 59.7 Å². The van der Waals surface area contributed by atoms with Crippen LogP contribution in [0.15, 0.2) is 48.5 Å². The van der Waals surface area contributed by atoms with E-state index in [1.807, 2.05) is 48.5 Å². The number of ether oxygens (including phenoxy) is 2. The average Bonchev–Trinajstić information content (AvgIpc) is 2.83. The second-order valence-electron chi connectivity index (χ2n) is 8.54. The highest BCUT2D eigenvalue weighted by atomic mass is 16.5. The second-order valence-corrected chi connectivity index (χ2v) is 8.54. The number of carboxylic acids is 1. The van der Waals surface area contributed by atoms with E-state index in [2.05, 4.69) is 4.90 Å². The number of likely N-dealkylation sites (tertiary alicyclic amines) is 1. The number of methoxy groups -OCH3 is 2. The van der Waals surface area contributed by atoms with E-state index in [1.54, 1.807) is 14.2 Å². The third kappa shape index (κ3) is 5.81. The number of hydrogen-bond acceptors (Lipinski definition) is 5. The molecule has 6 nitrogen and oxygen atoms in total. The molecule has 1 saturated heterocycles. The van der Waals surface area contributed by atoms with Gasteiger partial charge in [0.25, 0.3) is 0 Å². The third-order valence-electron chi connectivity index (χ3n) is 6.60. The first-order valence-electron chi connectivity index (χ1n) is 11.4. The van der Waals surface area contributed by atoms with Crippen molar-refractivity contribution in [1.29, 1.82) is 0 Å². The Balaban J connectivity index is 1.71. The molecule has 0 spiro atoms. The number of carboxylic acid groups (broad SMARTS) is 1. The molecule has 1 fully saturated rings. The molecule has 0 aromatic heterocycles. The van der Waals surface area contributed by atoms with Gasteiger partial charge in [0.1, 0.15) is 17.1 Å². The Hall–Kier alpha value is -2.57. The van der Waals surface area contributed by atoms with E-state index in [4.69, 9.17) is 14.6 Å². The van der Waals surface area contributed by atoms with Crippen LogP contribution < -0.4 is 9.47 Å². The maximum atomic E-state index is 12.1. The number of rotatable bonds is 11. The molecule has 0 saturated carbocycles. The van der Waals surface area contributed by atoms with Crippen LogP contribution in [-0.2, 0) is 10.4 Å². The number of nitrogens with zero attached hydrogens (tertiary/aromatic N) is 1. The predicted molar refractivity (Wildman–Crippen MR) is 124 cm³/mol. The number of benzene rings is 2. The highest BCUT2D eigenvalue weighted by Crippen LogP contribution is 2.42. The normalized spacial score (nSPS) is 15.5. The number of carbonyl (C=O) groups is 1. The zero-order valence-corrected chi connectivity index (χ0v) is 19.1. The number of aliphatic hydroxyl groups is 1. The number of unbranched alkanes of at least 4 members (excludes halogenated alkanes) is 2. The van der Waals surface area contributed by atoms with E-state index in [1.165, 1.54) is 0 Å². The summed E-state index contributed by atoms with van der Waals surface area (Å²) in [4.78, 5) is 13.1. The van der Waals surface area contributed by atoms with Crippen molar-refractivity contribution in [1.82, 2.24) is 4.90 Å². The van der Waals surface area contributed by atoms with Crippen LogP contribution in [-0.4, -0.2) is 54.9 Å². The highest BCUT2D eigenvalue weighted by Gasteiger charge is 2.41. The van der Waals surface area contributed by atoms with Crippen molar-refractivity contribution in [2.45, 2.75) is 44.1 Å². The summed E-state index contributed by atoms with van der Waals surface area (Å²) in [6.45, 7) is 2.84. The maximum absolute atomic E-state index is 12.1. The van der Waals surface area contributed by atoms with Crippen LogP contribution in [0.1, 0.15) is 49.7 Å². The summed E-state index contributed by atoms with van der Waals surface area (Å²) in [7, 11) is 3.28. The van der Waals surface area contributed by atoms with Gasteiger partial charge in [0.15, 0.2) is 0 Å². The Morgan fingerprint density at radius 3 is 1.84 bits per heavy atom. The first-order chi connectivity index (χ1) is 15.5. The van der Waals surface area contributed by atoms with Crippen LogP contribution >= 0.6 is 0 Å². The van der Waals surface area contributed by atoms with Crippen LogP contribution in [0.25, 0.3) is 0 Å². The zero-order chi connectivity index (χ0) is 23.0. The van der Waals surface area contributed by atoms with Gasteiger partial charge >= 0.3 is 5.97 Å². The van der Waals surface area contributed by atoms with E-state index in [0.717, 1.165) is 74.4 Å². The highest BCUT2D eigenvalue weighted by molar-refractivity contribution is 5.66. The van der Waals surface area contributed by atoms with Crippen LogP contribution in [0.4, 0.5) is 0 Å². The molecule has 2 aromatic carbocycles. The van der Waals surface area contributed by atoms with E-state index in [-0.39, 0.29) is 12.3 Å². The summed E-state index contributed by atoms with van der Waals surface area (Å²) in [6, 6.07) is 15.4. The van der Waals surface area contributed by atoms with Gasteiger partial charge in [0.2, 0.25) is 0 Å². The third-order valence-corrected chi connectivity index (χ3v) is 6.60. The smallest absolute Gasteiger partial charge is 0.303 e. The standard InChI is InChI=1S/C26H35NO5/c1-31-23-11-7-20(8-12-23)26(30,21-9-13-24(32-2)14-10-21)22-15-18-27(19-16-22)17-5-3-4-6-25(28)29/h7-14,22,30H,3-6,15-19H2,1-2H3,(H,28,29). The molecule has 0 unspecified atom stereocenters. The van der Waals surface area contributed by atoms with Crippen molar-refractivity contribution in [3.63, 3.8) is 0 Å². The molecule has 1 heterocycles. The fourth-order valence-electron chi connectivity index (χ4n) is 4.69. The van der Waals surface area contributed by atoms with Crippen molar-refractivity contribution in [2.24, 2.45) is 5.92 Å². The Morgan fingerprint density at radius 1 is 0.906 bits per heavy atom. The van der Waals surface area contributed by atoms with Crippen molar-refractivity contribution in [2.75, 3.05) is 33.9 Å². The van der Waals surface area contributed by atoms with Gasteiger partial charge in [-0.25, -0.2) is 0 Å². The molecule has 32 heavy (non-hydrogen) atoms. The van der Waals surface area contributed by atoms with Gasteiger partial charge in [-0.3, -0.25) is 4.79 Å². The van der Waals surface area contributed by atoms with E-state index in [0.29, 0.717) is 0 Å². The summed E-state index contributed by atoms with van der Waals surface area (Å²) >= 11 is 0. The van der Waals surface area contributed by atoms with Crippen LogP contribution in [0.2, 0.25) is 0 Å². The van der Waals surface area contributed by atoms with Crippen LogP contribution in [0.5, 0.6) is 11.5 Å². The van der Waals surface area contributed by atoms with Gasteiger partial charge in [-0.1, -0.05) is 30.7 Å². The number of piperidine rings is 1. The quantitative estimate of drug-likeness (QED) is 0.506. The van der Waals surface area contributed by atoms with Crippen molar-refractivity contribution in [3.8, 4) is 11.5 Å². The Labute approximate surface area is 190 Å². The molecule has 1 aliphatic heterocycles. The maximum Gasteiger partial charge on any atom is 0.303 e. The fraction of sp³-hybridized carbons (Fsp3) is 0.500. The molecule has 0 aliphatic carbocycles.